The smallest absolute Gasteiger partial charge is 0.199 e. The highest BCUT2D eigenvalue weighted by Crippen LogP contribution is 2.14. The molecule has 1 aromatic heterocycles. The maximum atomic E-state index is 5.66. The molecule has 0 aliphatic rings. The van der Waals surface area contributed by atoms with Gasteiger partial charge in [-0.2, -0.15) is 5.10 Å². The number of nitrogens with zero attached hydrogens (tertiary/aromatic N) is 4. The molecular formula is C21H26N4OS. The van der Waals surface area contributed by atoms with Crippen molar-refractivity contribution in [3.05, 3.63) is 76.3 Å². The van der Waals surface area contributed by atoms with Crippen LogP contribution >= 0.6 is 12.2 Å². The van der Waals surface area contributed by atoms with E-state index < -0.39 is 0 Å². The van der Waals surface area contributed by atoms with Gasteiger partial charge in [0, 0.05) is 19.5 Å². The molecule has 0 aliphatic heterocycles. The average Bonchev–Trinajstić information content (AvgIpc) is 2.97. The number of rotatable bonds is 8. The summed E-state index contributed by atoms with van der Waals surface area (Å²) in [7, 11) is 3.76. The Hall–Kier alpha value is -2.44. The third-order valence-corrected chi connectivity index (χ3v) is 4.94. The minimum atomic E-state index is 0.652. The summed E-state index contributed by atoms with van der Waals surface area (Å²) in [5, 5.41) is 4.80. The van der Waals surface area contributed by atoms with Gasteiger partial charge in [-0.15, -0.1) is 0 Å². The molecule has 0 amide bonds. The quantitative estimate of drug-likeness (QED) is 0.549. The van der Waals surface area contributed by atoms with Crippen LogP contribution < -0.4 is 4.74 Å². The molecule has 0 unspecified atom stereocenters. The van der Waals surface area contributed by atoms with Gasteiger partial charge in [-0.05, 0) is 49.4 Å². The molecule has 0 spiro atoms. The van der Waals surface area contributed by atoms with Gasteiger partial charge in [-0.25, -0.2) is 4.68 Å². The van der Waals surface area contributed by atoms with Gasteiger partial charge in [0.2, 0.25) is 0 Å². The van der Waals surface area contributed by atoms with Crippen LogP contribution in [-0.4, -0.2) is 33.4 Å². The molecule has 27 heavy (non-hydrogen) atoms. The van der Waals surface area contributed by atoms with Crippen molar-refractivity contribution in [1.82, 2.24) is 19.2 Å². The van der Waals surface area contributed by atoms with E-state index in [4.69, 9.17) is 22.1 Å². The van der Waals surface area contributed by atoms with Crippen LogP contribution in [0.4, 0.5) is 0 Å². The summed E-state index contributed by atoms with van der Waals surface area (Å²) in [6.45, 7) is 4.40. The first-order chi connectivity index (χ1) is 13.1. The molecule has 5 nitrogen and oxygen atoms in total. The number of hydrogen-bond acceptors (Lipinski definition) is 4. The molecule has 6 heteroatoms. The minimum absolute atomic E-state index is 0.652. The molecule has 0 aliphatic carbocycles. The molecular weight excluding hydrogens is 356 g/mol. The Morgan fingerprint density at radius 1 is 1.04 bits per heavy atom. The zero-order valence-corrected chi connectivity index (χ0v) is 16.9. The summed E-state index contributed by atoms with van der Waals surface area (Å²) in [5.74, 6) is 1.88. The third kappa shape index (κ3) is 4.84. The van der Waals surface area contributed by atoms with Gasteiger partial charge < -0.3 is 9.30 Å². The average molecular weight is 383 g/mol. The summed E-state index contributed by atoms with van der Waals surface area (Å²) in [4.78, 5) is 2.21. The number of ether oxygens (including phenoxy) is 1. The molecule has 0 bridgehead atoms. The summed E-state index contributed by atoms with van der Waals surface area (Å²) >= 11 is 5.66. The topological polar surface area (TPSA) is 35.2 Å². The lowest BCUT2D eigenvalue weighted by atomic mass is 10.1. The fraction of sp³-hybridized carbons (Fsp3) is 0.333. The van der Waals surface area contributed by atoms with E-state index in [1.165, 1.54) is 11.1 Å². The van der Waals surface area contributed by atoms with Crippen LogP contribution in [-0.2, 0) is 26.2 Å². The highest BCUT2D eigenvalue weighted by Gasteiger charge is 2.12. The van der Waals surface area contributed by atoms with E-state index in [1.807, 2.05) is 22.9 Å². The molecule has 1 heterocycles. The van der Waals surface area contributed by atoms with Gasteiger partial charge >= 0.3 is 0 Å². The van der Waals surface area contributed by atoms with Crippen molar-refractivity contribution in [1.29, 1.82) is 0 Å². The Labute approximate surface area is 165 Å². The monoisotopic (exact) mass is 382 g/mol. The second kappa shape index (κ2) is 8.97. The molecule has 2 aromatic carbocycles. The zero-order valence-electron chi connectivity index (χ0n) is 16.1. The first kappa shape index (κ1) is 19.3. The van der Waals surface area contributed by atoms with Crippen LogP contribution in [0.1, 0.15) is 23.9 Å². The number of aromatic nitrogens is 3. The van der Waals surface area contributed by atoms with Crippen LogP contribution in [0.25, 0.3) is 0 Å². The highest BCUT2D eigenvalue weighted by atomic mass is 32.1. The minimum Gasteiger partial charge on any atom is -0.497 e. The predicted molar refractivity (Wildman–Crippen MR) is 110 cm³/mol. The second-order valence-electron chi connectivity index (χ2n) is 6.61. The second-order valence-corrected chi connectivity index (χ2v) is 6.97. The van der Waals surface area contributed by atoms with Crippen molar-refractivity contribution >= 4 is 12.2 Å². The summed E-state index contributed by atoms with van der Waals surface area (Å²) < 4.78 is 10.0. The number of methoxy groups -OCH3 is 1. The van der Waals surface area contributed by atoms with E-state index in [-0.39, 0.29) is 0 Å². The molecule has 0 fully saturated rings. The van der Waals surface area contributed by atoms with Crippen molar-refractivity contribution in [3.8, 4) is 5.75 Å². The lowest BCUT2D eigenvalue weighted by Crippen LogP contribution is -2.22. The number of benzene rings is 2. The zero-order chi connectivity index (χ0) is 19.2. The fourth-order valence-electron chi connectivity index (χ4n) is 3.13. The molecule has 0 radical (unpaired) electrons. The molecule has 0 saturated heterocycles. The van der Waals surface area contributed by atoms with E-state index >= 15 is 0 Å². The molecule has 3 aromatic rings. The lowest BCUT2D eigenvalue weighted by molar-refractivity contribution is 0.243. The third-order valence-electron chi connectivity index (χ3n) is 4.51. The van der Waals surface area contributed by atoms with Gasteiger partial charge in [0.1, 0.15) is 11.6 Å². The van der Waals surface area contributed by atoms with Crippen LogP contribution in [0.3, 0.4) is 0 Å². The Balaban J connectivity index is 1.73. The van der Waals surface area contributed by atoms with E-state index in [0.29, 0.717) is 6.67 Å². The molecule has 3 rings (SSSR count). The number of hydrogen-bond donors (Lipinski definition) is 0. The molecule has 0 atom stereocenters. The van der Waals surface area contributed by atoms with Crippen LogP contribution in [0.15, 0.2) is 54.6 Å². The summed E-state index contributed by atoms with van der Waals surface area (Å²) in [5.41, 5.74) is 2.47. The first-order valence-corrected chi connectivity index (χ1v) is 9.53. The van der Waals surface area contributed by atoms with Gasteiger partial charge in [-0.3, -0.25) is 4.90 Å². The molecule has 0 saturated carbocycles. The van der Waals surface area contributed by atoms with Gasteiger partial charge in [-0.1, -0.05) is 42.5 Å². The fourth-order valence-corrected chi connectivity index (χ4v) is 3.46. The van der Waals surface area contributed by atoms with E-state index in [2.05, 4.69) is 59.8 Å². The van der Waals surface area contributed by atoms with E-state index in [1.54, 1.807) is 7.11 Å². The summed E-state index contributed by atoms with van der Waals surface area (Å²) in [6.07, 6.45) is 0.785. The Morgan fingerprint density at radius 3 is 2.37 bits per heavy atom. The Kier molecular flexibility index (Phi) is 6.42. The van der Waals surface area contributed by atoms with Gasteiger partial charge in [0.25, 0.3) is 0 Å². The van der Waals surface area contributed by atoms with Crippen molar-refractivity contribution in [2.75, 3.05) is 14.2 Å². The van der Waals surface area contributed by atoms with Crippen LogP contribution in [0.5, 0.6) is 5.75 Å². The van der Waals surface area contributed by atoms with Crippen molar-refractivity contribution in [2.45, 2.75) is 33.1 Å². The SMILES string of the molecule is CCn1c(Cc2ccccc2)nn(CN(C)Cc2ccc(OC)cc2)c1=S. The molecule has 0 N–H and O–H groups in total. The van der Waals surface area contributed by atoms with E-state index in [0.717, 1.165) is 35.9 Å². The lowest BCUT2D eigenvalue weighted by Gasteiger charge is -2.16. The highest BCUT2D eigenvalue weighted by molar-refractivity contribution is 7.71. The first-order valence-electron chi connectivity index (χ1n) is 9.12. The Bertz CT molecular complexity index is 916. The van der Waals surface area contributed by atoms with Gasteiger partial charge in [0.05, 0.1) is 13.8 Å². The maximum Gasteiger partial charge on any atom is 0.199 e. The Morgan fingerprint density at radius 2 is 1.74 bits per heavy atom. The van der Waals surface area contributed by atoms with Crippen LogP contribution in [0.2, 0.25) is 0 Å². The van der Waals surface area contributed by atoms with Crippen LogP contribution in [0, 0.1) is 4.77 Å². The predicted octanol–water partition coefficient (Wildman–Crippen LogP) is 4.12. The van der Waals surface area contributed by atoms with Crippen molar-refractivity contribution in [3.63, 3.8) is 0 Å². The van der Waals surface area contributed by atoms with Crippen molar-refractivity contribution in [2.24, 2.45) is 0 Å². The largest absolute Gasteiger partial charge is 0.497 e. The maximum absolute atomic E-state index is 5.66. The van der Waals surface area contributed by atoms with E-state index in [9.17, 15) is 0 Å². The molecule has 142 valence electrons. The normalized spacial score (nSPS) is 11.1. The van der Waals surface area contributed by atoms with Crippen molar-refractivity contribution < 1.29 is 4.74 Å². The van der Waals surface area contributed by atoms with Gasteiger partial charge in [0.15, 0.2) is 4.77 Å². The standard InChI is InChI=1S/C21H26N4OS/c1-4-24-20(14-17-8-6-5-7-9-17)22-25(21(24)27)16-23(2)15-18-10-12-19(26-3)13-11-18/h5-13H,4,14-16H2,1-3H3. The summed E-state index contributed by atoms with van der Waals surface area (Å²) in [6, 6.07) is 18.5.